The van der Waals surface area contributed by atoms with E-state index >= 15 is 0 Å². The third kappa shape index (κ3) is 4.30. The summed E-state index contributed by atoms with van der Waals surface area (Å²) in [5.41, 5.74) is 2.83. The third-order valence-electron chi connectivity index (χ3n) is 4.02. The predicted molar refractivity (Wildman–Crippen MR) is 81.2 cm³/mol. The lowest BCUT2D eigenvalue weighted by molar-refractivity contribution is 0.1000. The van der Waals surface area contributed by atoms with Gasteiger partial charge < -0.3 is 10.2 Å². The van der Waals surface area contributed by atoms with E-state index in [0.29, 0.717) is 6.04 Å². The maximum absolute atomic E-state index is 3.39. The second-order valence-corrected chi connectivity index (χ2v) is 5.67. The molecule has 0 aromatic heterocycles. The second-order valence-electron chi connectivity index (χ2n) is 5.67. The maximum atomic E-state index is 3.39. The topological polar surface area (TPSA) is 18.5 Å². The van der Waals surface area contributed by atoms with Crippen LogP contribution < -0.4 is 5.32 Å². The molecule has 1 aliphatic heterocycles. The Balaban J connectivity index is 1.91. The Labute approximate surface area is 117 Å². The molecule has 1 aromatic rings. The third-order valence-corrected chi connectivity index (χ3v) is 4.02. The summed E-state index contributed by atoms with van der Waals surface area (Å²) < 4.78 is 0. The summed E-state index contributed by atoms with van der Waals surface area (Å²) in [6, 6.07) is 9.64. The molecule has 1 aliphatic rings. The zero-order valence-corrected chi connectivity index (χ0v) is 12.5. The van der Waals surface area contributed by atoms with Crippen molar-refractivity contribution in [2.45, 2.75) is 33.0 Å². The molecule has 1 aromatic carbocycles. The Kier molecular flexibility index (Phi) is 5.37. The quantitative estimate of drug-likeness (QED) is 0.874. The molecule has 0 saturated carbocycles. The molecule has 1 saturated heterocycles. The van der Waals surface area contributed by atoms with Gasteiger partial charge in [-0.15, -0.1) is 0 Å². The van der Waals surface area contributed by atoms with E-state index in [9.17, 15) is 0 Å². The Morgan fingerprint density at radius 2 is 2.05 bits per heavy atom. The van der Waals surface area contributed by atoms with Crippen molar-refractivity contribution in [1.82, 2.24) is 15.1 Å². The van der Waals surface area contributed by atoms with Crippen molar-refractivity contribution in [3.63, 3.8) is 0 Å². The largest absolute Gasteiger partial charge is 0.313 e. The summed E-state index contributed by atoms with van der Waals surface area (Å²) in [6.07, 6.45) is 0. The summed E-state index contributed by atoms with van der Waals surface area (Å²) in [7, 11) is 2.22. The molecule has 0 bridgehead atoms. The molecule has 3 nitrogen and oxygen atoms in total. The van der Waals surface area contributed by atoms with Crippen LogP contribution in [0.3, 0.4) is 0 Å². The standard InChI is InChI=1S/C16H27N3/c1-4-17-11-15-6-5-7-16(10-15)13-19-9-8-18(3)14(2)12-19/h5-7,10,14,17H,4,8-9,11-13H2,1-3H3. The number of rotatable bonds is 5. The Hall–Kier alpha value is -0.900. The molecule has 19 heavy (non-hydrogen) atoms. The molecule has 3 heteroatoms. The SMILES string of the molecule is CCNCc1cccc(CN2CCN(C)C(C)C2)c1. The molecule has 0 spiro atoms. The molecule has 2 rings (SSSR count). The van der Waals surface area contributed by atoms with Gasteiger partial charge in [-0.1, -0.05) is 31.2 Å². The van der Waals surface area contributed by atoms with E-state index < -0.39 is 0 Å². The summed E-state index contributed by atoms with van der Waals surface area (Å²) in [5, 5.41) is 3.39. The van der Waals surface area contributed by atoms with Crippen molar-refractivity contribution < 1.29 is 0 Å². The Morgan fingerprint density at radius 3 is 2.79 bits per heavy atom. The highest BCUT2D eigenvalue weighted by Crippen LogP contribution is 2.13. The van der Waals surface area contributed by atoms with Crippen LogP contribution in [0.4, 0.5) is 0 Å². The van der Waals surface area contributed by atoms with E-state index in [1.807, 2.05) is 0 Å². The van der Waals surface area contributed by atoms with Crippen molar-refractivity contribution in [1.29, 1.82) is 0 Å². The van der Waals surface area contributed by atoms with Gasteiger partial charge in [-0.05, 0) is 31.6 Å². The minimum atomic E-state index is 0.665. The first kappa shape index (κ1) is 14.5. The van der Waals surface area contributed by atoms with Gasteiger partial charge in [-0.25, -0.2) is 0 Å². The fourth-order valence-corrected chi connectivity index (χ4v) is 2.63. The van der Waals surface area contributed by atoms with E-state index in [2.05, 4.69) is 60.3 Å². The van der Waals surface area contributed by atoms with Crippen LogP contribution in [0.2, 0.25) is 0 Å². The molecule has 1 unspecified atom stereocenters. The molecule has 0 amide bonds. The van der Waals surface area contributed by atoms with Gasteiger partial charge in [0.15, 0.2) is 0 Å². The molecule has 106 valence electrons. The van der Waals surface area contributed by atoms with Crippen LogP contribution >= 0.6 is 0 Å². The van der Waals surface area contributed by atoms with Gasteiger partial charge in [0.25, 0.3) is 0 Å². The number of hydrogen-bond acceptors (Lipinski definition) is 3. The highest BCUT2D eigenvalue weighted by Gasteiger charge is 2.20. The fraction of sp³-hybridized carbons (Fsp3) is 0.625. The molecule has 0 aliphatic carbocycles. The van der Waals surface area contributed by atoms with E-state index in [-0.39, 0.29) is 0 Å². The van der Waals surface area contributed by atoms with Gasteiger partial charge in [0.2, 0.25) is 0 Å². The first-order chi connectivity index (χ1) is 9.19. The van der Waals surface area contributed by atoms with Crippen LogP contribution in [-0.4, -0.2) is 49.1 Å². The normalized spacial score (nSPS) is 21.7. The number of hydrogen-bond donors (Lipinski definition) is 1. The van der Waals surface area contributed by atoms with Gasteiger partial charge in [0.1, 0.15) is 0 Å². The van der Waals surface area contributed by atoms with Crippen LogP contribution in [-0.2, 0) is 13.1 Å². The molecule has 1 heterocycles. The van der Waals surface area contributed by atoms with Gasteiger partial charge in [-0.2, -0.15) is 0 Å². The van der Waals surface area contributed by atoms with E-state index in [1.165, 1.54) is 30.8 Å². The first-order valence-corrected chi connectivity index (χ1v) is 7.40. The maximum Gasteiger partial charge on any atom is 0.0235 e. The van der Waals surface area contributed by atoms with Crippen molar-refractivity contribution >= 4 is 0 Å². The monoisotopic (exact) mass is 261 g/mol. The minimum absolute atomic E-state index is 0.665. The van der Waals surface area contributed by atoms with E-state index in [0.717, 1.165) is 19.6 Å². The van der Waals surface area contributed by atoms with Gasteiger partial charge in [0.05, 0.1) is 0 Å². The summed E-state index contributed by atoms with van der Waals surface area (Å²) in [6.45, 7) is 11.1. The van der Waals surface area contributed by atoms with Crippen molar-refractivity contribution in [3.05, 3.63) is 35.4 Å². The smallest absolute Gasteiger partial charge is 0.0235 e. The summed E-state index contributed by atoms with van der Waals surface area (Å²) >= 11 is 0. The van der Waals surface area contributed by atoms with E-state index in [4.69, 9.17) is 0 Å². The zero-order chi connectivity index (χ0) is 13.7. The molecule has 1 fully saturated rings. The Morgan fingerprint density at radius 1 is 1.26 bits per heavy atom. The number of piperazine rings is 1. The van der Waals surface area contributed by atoms with Crippen LogP contribution in [0.15, 0.2) is 24.3 Å². The molecular weight excluding hydrogens is 234 g/mol. The van der Waals surface area contributed by atoms with Crippen molar-refractivity contribution in [3.8, 4) is 0 Å². The molecule has 0 radical (unpaired) electrons. The van der Waals surface area contributed by atoms with Gasteiger partial charge >= 0.3 is 0 Å². The molecule has 1 atom stereocenters. The number of likely N-dealkylation sites (N-methyl/N-ethyl adjacent to an activating group) is 1. The molecular formula is C16H27N3. The molecule has 1 N–H and O–H groups in total. The predicted octanol–water partition coefficient (Wildman–Crippen LogP) is 1.93. The lowest BCUT2D eigenvalue weighted by Crippen LogP contribution is -2.49. The lowest BCUT2D eigenvalue weighted by Gasteiger charge is -2.37. The van der Waals surface area contributed by atoms with Gasteiger partial charge in [0, 0.05) is 38.8 Å². The van der Waals surface area contributed by atoms with Gasteiger partial charge in [-0.3, -0.25) is 4.90 Å². The lowest BCUT2D eigenvalue weighted by atomic mass is 10.1. The average molecular weight is 261 g/mol. The van der Waals surface area contributed by atoms with Crippen LogP contribution in [0.5, 0.6) is 0 Å². The zero-order valence-electron chi connectivity index (χ0n) is 12.5. The van der Waals surface area contributed by atoms with E-state index in [1.54, 1.807) is 0 Å². The van der Waals surface area contributed by atoms with Crippen LogP contribution in [0.25, 0.3) is 0 Å². The summed E-state index contributed by atoms with van der Waals surface area (Å²) in [4.78, 5) is 5.01. The number of benzene rings is 1. The number of nitrogens with one attached hydrogen (secondary N) is 1. The van der Waals surface area contributed by atoms with Crippen LogP contribution in [0.1, 0.15) is 25.0 Å². The first-order valence-electron chi connectivity index (χ1n) is 7.40. The summed E-state index contributed by atoms with van der Waals surface area (Å²) in [5.74, 6) is 0. The Bertz CT molecular complexity index is 391. The minimum Gasteiger partial charge on any atom is -0.313 e. The van der Waals surface area contributed by atoms with Crippen molar-refractivity contribution in [2.75, 3.05) is 33.2 Å². The highest BCUT2D eigenvalue weighted by molar-refractivity contribution is 5.23. The van der Waals surface area contributed by atoms with Crippen LogP contribution in [0, 0.1) is 0 Å². The second kappa shape index (κ2) is 7.04. The average Bonchev–Trinajstić information content (AvgIpc) is 2.41. The van der Waals surface area contributed by atoms with Crippen molar-refractivity contribution in [2.24, 2.45) is 0 Å². The fourth-order valence-electron chi connectivity index (χ4n) is 2.63. The number of nitrogens with zero attached hydrogens (tertiary/aromatic N) is 2. The highest BCUT2D eigenvalue weighted by atomic mass is 15.3.